The average molecular weight is 575 g/mol. The lowest BCUT2D eigenvalue weighted by atomic mass is 9.56. The maximum Gasteiger partial charge on any atom is 0.258 e. The highest BCUT2D eigenvalue weighted by molar-refractivity contribution is 6.58. The van der Waals surface area contributed by atoms with Gasteiger partial charge in [-0.15, -0.1) is 23.2 Å². The number of para-hydroxylation sites is 1. The Morgan fingerprint density at radius 2 is 1.69 bits per heavy atom. The minimum Gasteiger partial charge on any atom is -0.504 e. The number of methoxy groups -OCH3 is 1. The van der Waals surface area contributed by atoms with Crippen molar-refractivity contribution in [2.45, 2.75) is 28.5 Å². The number of alkyl halides is 2. The quantitative estimate of drug-likeness (QED) is 0.249. The van der Waals surface area contributed by atoms with E-state index >= 15 is 0 Å². The Kier molecular flexibility index (Phi) is 5.63. The second-order valence-electron chi connectivity index (χ2n) is 10.1. The summed E-state index contributed by atoms with van der Waals surface area (Å²) >= 11 is 14.3. The van der Waals surface area contributed by atoms with Crippen molar-refractivity contribution < 1.29 is 38.6 Å². The van der Waals surface area contributed by atoms with Crippen LogP contribution in [0.3, 0.4) is 0 Å². The summed E-state index contributed by atoms with van der Waals surface area (Å²) in [7, 11) is 1.34. The fraction of sp³-hybridized carbons (Fsp3) is 0.333. The number of carbonyl (C=O) groups excluding carboxylic acids is 4. The van der Waals surface area contributed by atoms with Gasteiger partial charge >= 0.3 is 0 Å². The van der Waals surface area contributed by atoms with Gasteiger partial charge in [0.15, 0.2) is 21.2 Å². The molecule has 6 atom stereocenters. The van der Waals surface area contributed by atoms with Crippen LogP contribution in [0.5, 0.6) is 11.5 Å². The van der Waals surface area contributed by atoms with E-state index < -0.39 is 62.9 Å². The van der Waals surface area contributed by atoms with Crippen molar-refractivity contribution in [2.75, 3.05) is 12.0 Å². The zero-order chi connectivity index (χ0) is 28.0. The number of fused-ring (bicyclic) bond motifs is 4. The molecule has 6 rings (SSSR count). The molecule has 0 spiro atoms. The molecule has 4 amide bonds. The number of anilines is 1. The van der Waals surface area contributed by atoms with Gasteiger partial charge in [0.25, 0.3) is 23.6 Å². The number of amides is 4. The molecule has 6 unspecified atom stereocenters. The molecule has 2 N–H and O–H groups in total. The van der Waals surface area contributed by atoms with E-state index in [9.17, 15) is 33.9 Å². The van der Waals surface area contributed by atoms with Crippen molar-refractivity contribution in [2.24, 2.45) is 17.8 Å². The van der Waals surface area contributed by atoms with Crippen LogP contribution in [0.1, 0.15) is 24.3 Å². The van der Waals surface area contributed by atoms with Crippen LogP contribution < -0.4 is 9.64 Å². The van der Waals surface area contributed by atoms with Gasteiger partial charge in [-0.1, -0.05) is 23.8 Å². The molecule has 4 aliphatic rings. The van der Waals surface area contributed by atoms with Crippen molar-refractivity contribution in [3.8, 4) is 11.5 Å². The molecule has 1 saturated carbocycles. The lowest BCUT2D eigenvalue weighted by Crippen LogP contribution is -2.60. The van der Waals surface area contributed by atoms with Crippen molar-refractivity contribution in [3.63, 3.8) is 0 Å². The van der Waals surface area contributed by atoms with Crippen molar-refractivity contribution in [3.05, 3.63) is 65.5 Å². The van der Waals surface area contributed by atoms with Crippen LogP contribution >= 0.6 is 23.2 Å². The number of phenolic OH excluding ortho intramolecular Hbond substituents is 1. The van der Waals surface area contributed by atoms with E-state index in [1.54, 1.807) is 12.1 Å². The number of carbonyl (C=O) groups is 4. The normalized spacial score (nSPS) is 33.6. The molecule has 0 bridgehead atoms. The van der Waals surface area contributed by atoms with Crippen LogP contribution in [0.2, 0.25) is 0 Å². The first kappa shape index (κ1) is 25.8. The number of phenols is 1. The molecule has 12 heteroatoms. The zero-order valence-electron chi connectivity index (χ0n) is 20.3. The SMILES string of the molecule is COc1cccc(C2C3=CCC4C(=O)N(O)C(=O)C4C3CC3(Cl)C(=O)N(c4ccc(F)cc4)C(=O)C23Cl)c1O. The van der Waals surface area contributed by atoms with Gasteiger partial charge in [0.05, 0.1) is 24.6 Å². The Morgan fingerprint density at radius 3 is 2.36 bits per heavy atom. The Bertz CT molecular complexity index is 1500. The third kappa shape index (κ3) is 3.16. The van der Waals surface area contributed by atoms with Crippen LogP contribution in [0.15, 0.2) is 54.1 Å². The third-order valence-corrected chi connectivity index (χ3v) is 9.85. The first-order valence-corrected chi connectivity index (χ1v) is 12.9. The molecule has 2 aliphatic heterocycles. The molecule has 202 valence electrons. The molecule has 0 aromatic heterocycles. The second-order valence-corrected chi connectivity index (χ2v) is 11.4. The number of allylic oxidation sites excluding steroid dienone is 2. The summed E-state index contributed by atoms with van der Waals surface area (Å²) < 4.78 is 18.9. The van der Waals surface area contributed by atoms with Crippen LogP contribution in [0.25, 0.3) is 0 Å². The number of hydroxylamine groups is 2. The number of rotatable bonds is 3. The summed E-state index contributed by atoms with van der Waals surface area (Å²) in [5.41, 5.74) is 0.603. The maximum atomic E-state index is 14.2. The molecule has 0 radical (unpaired) electrons. The smallest absolute Gasteiger partial charge is 0.258 e. The third-order valence-electron chi connectivity index (χ3n) is 8.43. The molecular weight excluding hydrogens is 554 g/mol. The monoisotopic (exact) mass is 574 g/mol. The summed E-state index contributed by atoms with van der Waals surface area (Å²) in [6.45, 7) is 0. The first-order valence-electron chi connectivity index (χ1n) is 12.1. The highest BCUT2D eigenvalue weighted by Gasteiger charge is 2.77. The van der Waals surface area contributed by atoms with Gasteiger partial charge in [0, 0.05) is 11.5 Å². The topological polar surface area (TPSA) is 124 Å². The Balaban J connectivity index is 1.60. The number of ether oxygens (including phenoxy) is 1. The molecule has 2 heterocycles. The number of aromatic hydroxyl groups is 1. The molecular formula is C27H21Cl2FN2O7. The predicted molar refractivity (Wildman–Crippen MR) is 135 cm³/mol. The van der Waals surface area contributed by atoms with Crippen LogP contribution in [0.4, 0.5) is 10.1 Å². The Hall–Kier alpha value is -3.47. The van der Waals surface area contributed by atoms with Gasteiger partial charge < -0.3 is 9.84 Å². The predicted octanol–water partition coefficient (Wildman–Crippen LogP) is 3.49. The van der Waals surface area contributed by atoms with Gasteiger partial charge in [-0.25, -0.2) is 9.29 Å². The Morgan fingerprint density at radius 1 is 1.00 bits per heavy atom. The number of benzene rings is 2. The van der Waals surface area contributed by atoms with Crippen LogP contribution in [-0.2, 0) is 19.2 Å². The number of hydrogen-bond acceptors (Lipinski definition) is 7. The van der Waals surface area contributed by atoms with Crippen molar-refractivity contribution >= 4 is 52.5 Å². The van der Waals surface area contributed by atoms with E-state index in [-0.39, 0.29) is 40.7 Å². The average Bonchev–Trinajstić information content (AvgIpc) is 3.23. The molecule has 9 nitrogen and oxygen atoms in total. The molecule has 39 heavy (non-hydrogen) atoms. The second kappa shape index (κ2) is 8.51. The van der Waals surface area contributed by atoms with E-state index in [0.717, 1.165) is 17.0 Å². The van der Waals surface area contributed by atoms with E-state index in [1.807, 2.05) is 0 Å². The van der Waals surface area contributed by atoms with Gasteiger partial charge in [-0.3, -0.25) is 24.4 Å². The largest absolute Gasteiger partial charge is 0.504 e. The van der Waals surface area contributed by atoms with E-state index in [4.69, 9.17) is 27.9 Å². The summed E-state index contributed by atoms with van der Waals surface area (Å²) in [6.07, 6.45) is 1.42. The van der Waals surface area contributed by atoms with Gasteiger partial charge in [-0.2, -0.15) is 5.06 Å². The number of hydrogen-bond donors (Lipinski definition) is 2. The number of halogens is 3. The van der Waals surface area contributed by atoms with E-state index in [1.165, 1.54) is 31.4 Å². The van der Waals surface area contributed by atoms with E-state index in [2.05, 4.69) is 0 Å². The highest BCUT2D eigenvalue weighted by Crippen LogP contribution is 2.66. The standard InChI is InChI=1S/C27H21Cl2FN2O7/c1-39-18-4-2-3-16(21(18)33)20-14-9-10-15-19(23(35)32(38)22(15)34)17(14)11-26(28)24(36)31(25(37)27(20,26)29)13-7-5-12(30)6-8-13/h2-9,15,17,19-20,33,38H,10-11H2,1H3. The lowest BCUT2D eigenvalue weighted by Gasteiger charge is -2.50. The maximum absolute atomic E-state index is 14.2. The minimum absolute atomic E-state index is 0.0398. The molecule has 2 saturated heterocycles. The highest BCUT2D eigenvalue weighted by atomic mass is 35.5. The number of nitrogens with zero attached hydrogens (tertiary/aromatic N) is 2. The van der Waals surface area contributed by atoms with Gasteiger partial charge in [0.2, 0.25) is 0 Å². The molecule has 2 aromatic rings. The summed E-state index contributed by atoms with van der Waals surface area (Å²) in [5.74, 6) is -8.29. The Labute approximate surface area is 231 Å². The van der Waals surface area contributed by atoms with Gasteiger partial charge in [0.1, 0.15) is 5.82 Å². The van der Waals surface area contributed by atoms with Crippen LogP contribution in [-0.4, -0.2) is 55.9 Å². The molecule has 2 aliphatic carbocycles. The summed E-state index contributed by atoms with van der Waals surface area (Å²) in [6, 6.07) is 9.22. The van der Waals surface area contributed by atoms with E-state index in [0.29, 0.717) is 5.57 Å². The first-order chi connectivity index (χ1) is 18.5. The molecule has 2 aromatic carbocycles. The summed E-state index contributed by atoms with van der Waals surface area (Å²) in [4.78, 5) is 50.3. The van der Waals surface area contributed by atoms with Gasteiger partial charge in [-0.05, 0) is 49.1 Å². The van der Waals surface area contributed by atoms with Crippen molar-refractivity contribution in [1.82, 2.24) is 5.06 Å². The van der Waals surface area contributed by atoms with Crippen molar-refractivity contribution in [1.29, 1.82) is 0 Å². The number of imide groups is 2. The minimum atomic E-state index is -2.19. The fourth-order valence-corrected chi connectivity index (χ4v) is 7.59. The van der Waals surface area contributed by atoms with Crippen LogP contribution in [0, 0.1) is 23.6 Å². The molecule has 3 fully saturated rings. The fourth-order valence-electron chi connectivity index (χ4n) is 6.66. The zero-order valence-corrected chi connectivity index (χ0v) is 21.8. The summed E-state index contributed by atoms with van der Waals surface area (Å²) in [5, 5.41) is 21.4. The lowest BCUT2D eigenvalue weighted by molar-refractivity contribution is -0.173.